The van der Waals surface area contributed by atoms with Crippen LogP contribution in [0.25, 0.3) is 16.6 Å². The quantitative estimate of drug-likeness (QED) is 0.701. The summed E-state index contributed by atoms with van der Waals surface area (Å²) in [6, 6.07) is 2.60. The largest absolute Gasteiger partial charge is 0.494 e. The van der Waals surface area contributed by atoms with Crippen LogP contribution in [0.3, 0.4) is 0 Å². The molecule has 0 aliphatic rings. The van der Waals surface area contributed by atoms with E-state index in [1.165, 1.54) is 23.8 Å². The Kier molecular flexibility index (Phi) is 2.09. The fourth-order valence-corrected chi connectivity index (χ4v) is 1.93. The number of ether oxygens (including phenoxy) is 1. The molecule has 2 N–H and O–H groups in total. The lowest BCUT2D eigenvalue weighted by Crippen LogP contribution is -2.03. The highest BCUT2D eigenvalue weighted by Crippen LogP contribution is 2.28. The van der Waals surface area contributed by atoms with E-state index in [0.717, 1.165) is 0 Å². The summed E-state index contributed by atoms with van der Waals surface area (Å²) < 4.78 is 20.0. The zero-order chi connectivity index (χ0) is 12.9. The van der Waals surface area contributed by atoms with Gasteiger partial charge >= 0.3 is 0 Å². The third-order valence-corrected chi connectivity index (χ3v) is 2.66. The van der Waals surface area contributed by atoms with Crippen molar-refractivity contribution >= 4 is 22.5 Å². The van der Waals surface area contributed by atoms with Crippen LogP contribution in [0.2, 0.25) is 0 Å². The number of hydrogen-bond acceptors (Lipinski definition) is 5. The zero-order valence-electron chi connectivity index (χ0n) is 9.81. The first-order valence-corrected chi connectivity index (χ1v) is 5.26. The summed E-state index contributed by atoms with van der Waals surface area (Å²) >= 11 is 0. The molecule has 18 heavy (non-hydrogen) atoms. The van der Waals surface area contributed by atoms with Gasteiger partial charge in [0, 0.05) is 6.07 Å². The molecule has 0 saturated heterocycles. The maximum Gasteiger partial charge on any atom is 0.223 e. The van der Waals surface area contributed by atoms with Gasteiger partial charge < -0.3 is 10.5 Å². The molecule has 2 heterocycles. The number of rotatable bonds is 1. The van der Waals surface area contributed by atoms with Crippen LogP contribution >= 0.6 is 0 Å². The molecule has 1 aromatic carbocycles. The second kappa shape index (κ2) is 3.52. The minimum absolute atomic E-state index is 0.183. The molecule has 0 amide bonds. The Morgan fingerprint density at radius 3 is 2.83 bits per heavy atom. The first-order chi connectivity index (χ1) is 8.60. The number of hydrogen-bond donors (Lipinski definition) is 1. The Balaban J connectivity index is 2.57. The van der Waals surface area contributed by atoms with Crippen molar-refractivity contribution in [1.82, 2.24) is 19.6 Å². The van der Waals surface area contributed by atoms with Crippen molar-refractivity contribution in [3.63, 3.8) is 0 Å². The average Bonchev–Trinajstić information content (AvgIpc) is 2.72. The van der Waals surface area contributed by atoms with Crippen LogP contribution in [0.4, 0.5) is 10.3 Å². The molecule has 2 aromatic heterocycles. The molecule has 0 spiro atoms. The van der Waals surface area contributed by atoms with Gasteiger partial charge in [0.1, 0.15) is 22.9 Å². The molecule has 0 fully saturated rings. The summed E-state index contributed by atoms with van der Waals surface area (Å²) in [7, 11) is 1.45. The second-order valence-electron chi connectivity index (χ2n) is 3.87. The highest BCUT2D eigenvalue weighted by atomic mass is 19.1. The molecule has 3 rings (SSSR count). The predicted octanol–water partition coefficient (Wildman–Crippen LogP) is 1.32. The Morgan fingerprint density at radius 1 is 1.33 bits per heavy atom. The lowest BCUT2D eigenvalue weighted by Gasteiger charge is -2.07. The van der Waals surface area contributed by atoms with Gasteiger partial charge in [-0.25, -0.2) is 14.4 Å². The summed E-state index contributed by atoms with van der Waals surface area (Å²) in [6.45, 7) is 1.73. The van der Waals surface area contributed by atoms with Crippen molar-refractivity contribution in [2.75, 3.05) is 12.8 Å². The summed E-state index contributed by atoms with van der Waals surface area (Å²) in [5.74, 6) is 0.621. The average molecular weight is 247 g/mol. The van der Waals surface area contributed by atoms with E-state index in [2.05, 4.69) is 15.1 Å². The molecule has 3 aromatic rings. The van der Waals surface area contributed by atoms with E-state index < -0.39 is 5.82 Å². The smallest absolute Gasteiger partial charge is 0.223 e. The fourth-order valence-electron chi connectivity index (χ4n) is 1.93. The first kappa shape index (κ1) is 10.7. The highest BCUT2D eigenvalue weighted by Gasteiger charge is 2.14. The van der Waals surface area contributed by atoms with E-state index in [4.69, 9.17) is 10.5 Å². The minimum Gasteiger partial charge on any atom is -0.494 e. The summed E-state index contributed by atoms with van der Waals surface area (Å²) in [6.07, 6.45) is 0. The molecular weight excluding hydrogens is 237 g/mol. The number of fused-ring (bicyclic) bond motifs is 3. The Bertz CT molecular complexity index is 767. The Morgan fingerprint density at radius 2 is 2.11 bits per heavy atom. The predicted molar refractivity (Wildman–Crippen MR) is 63.9 cm³/mol. The molecule has 0 aliphatic carbocycles. The van der Waals surface area contributed by atoms with Gasteiger partial charge in [0.25, 0.3) is 0 Å². The van der Waals surface area contributed by atoms with Crippen molar-refractivity contribution in [3.05, 3.63) is 23.8 Å². The van der Waals surface area contributed by atoms with Gasteiger partial charge in [0.2, 0.25) is 5.95 Å². The molecule has 6 nitrogen and oxygen atoms in total. The van der Waals surface area contributed by atoms with Gasteiger partial charge in [-0.2, -0.15) is 4.52 Å². The van der Waals surface area contributed by atoms with Gasteiger partial charge in [0.15, 0.2) is 5.65 Å². The Labute approximate surface area is 101 Å². The minimum atomic E-state index is -0.423. The highest BCUT2D eigenvalue weighted by molar-refractivity contribution is 5.95. The third kappa shape index (κ3) is 1.37. The van der Waals surface area contributed by atoms with Gasteiger partial charge in [-0.3, -0.25) is 0 Å². The molecular formula is C11H10FN5O. The number of methoxy groups -OCH3 is 1. The van der Waals surface area contributed by atoms with E-state index in [0.29, 0.717) is 28.1 Å². The van der Waals surface area contributed by atoms with E-state index in [-0.39, 0.29) is 5.95 Å². The number of aromatic nitrogens is 4. The van der Waals surface area contributed by atoms with Crippen molar-refractivity contribution in [2.45, 2.75) is 6.92 Å². The Hall–Kier alpha value is -2.44. The van der Waals surface area contributed by atoms with Crippen LogP contribution in [-0.2, 0) is 0 Å². The molecule has 0 atom stereocenters. The van der Waals surface area contributed by atoms with E-state index >= 15 is 0 Å². The molecule has 0 saturated carbocycles. The van der Waals surface area contributed by atoms with Gasteiger partial charge in [-0.15, -0.1) is 5.10 Å². The SMILES string of the molecule is COc1cc(F)cc2c1nc(N)n1nc(C)nc21. The van der Waals surface area contributed by atoms with Gasteiger partial charge in [-0.1, -0.05) is 0 Å². The number of nitrogens with two attached hydrogens (primary N) is 1. The van der Waals surface area contributed by atoms with E-state index in [9.17, 15) is 4.39 Å². The first-order valence-electron chi connectivity index (χ1n) is 5.26. The van der Waals surface area contributed by atoms with Crippen LogP contribution in [-0.4, -0.2) is 26.7 Å². The third-order valence-electron chi connectivity index (χ3n) is 2.66. The topological polar surface area (TPSA) is 78.3 Å². The zero-order valence-corrected chi connectivity index (χ0v) is 9.81. The number of benzene rings is 1. The molecule has 0 unspecified atom stereocenters. The van der Waals surface area contributed by atoms with Crippen LogP contribution in [0.5, 0.6) is 5.75 Å². The lowest BCUT2D eigenvalue weighted by atomic mass is 10.2. The van der Waals surface area contributed by atoms with Crippen molar-refractivity contribution < 1.29 is 9.13 Å². The number of anilines is 1. The summed E-state index contributed by atoms with van der Waals surface area (Å²) in [5.41, 5.74) is 6.73. The number of aryl methyl sites for hydroxylation is 1. The maximum absolute atomic E-state index is 13.5. The fraction of sp³-hybridized carbons (Fsp3) is 0.182. The summed E-state index contributed by atoms with van der Waals surface area (Å²) in [4.78, 5) is 8.40. The van der Waals surface area contributed by atoms with Crippen LogP contribution in [0.15, 0.2) is 12.1 Å². The number of halogens is 1. The normalized spacial score (nSPS) is 11.3. The standard InChI is InChI=1S/C11H10FN5O/c1-5-14-10-7-3-6(12)4-8(18-2)9(7)15-11(13)17(10)16-5/h3-4H,1-2H3,(H2,13,15). The number of nitrogens with zero attached hydrogens (tertiary/aromatic N) is 4. The van der Waals surface area contributed by atoms with E-state index in [1.807, 2.05) is 0 Å². The van der Waals surface area contributed by atoms with Crippen LogP contribution < -0.4 is 10.5 Å². The van der Waals surface area contributed by atoms with Crippen LogP contribution in [0, 0.1) is 12.7 Å². The monoisotopic (exact) mass is 247 g/mol. The lowest BCUT2D eigenvalue weighted by molar-refractivity contribution is 0.415. The van der Waals surface area contributed by atoms with Gasteiger partial charge in [-0.05, 0) is 13.0 Å². The second-order valence-corrected chi connectivity index (χ2v) is 3.87. The van der Waals surface area contributed by atoms with Crippen molar-refractivity contribution in [2.24, 2.45) is 0 Å². The molecule has 0 aliphatic heterocycles. The van der Waals surface area contributed by atoms with Gasteiger partial charge in [0.05, 0.1) is 12.5 Å². The summed E-state index contributed by atoms with van der Waals surface area (Å²) in [5, 5.41) is 4.62. The van der Waals surface area contributed by atoms with Crippen molar-refractivity contribution in [1.29, 1.82) is 0 Å². The van der Waals surface area contributed by atoms with Crippen LogP contribution in [0.1, 0.15) is 5.82 Å². The van der Waals surface area contributed by atoms with E-state index in [1.54, 1.807) is 6.92 Å². The molecule has 0 radical (unpaired) electrons. The molecule has 92 valence electrons. The molecule has 0 bridgehead atoms. The molecule has 7 heteroatoms. The number of nitrogen functional groups attached to an aromatic ring is 1. The maximum atomic E-state index is 13.5. The van der Waals surface area contributed by atoms with Crippen molar-refractivity contribution in [3.8, 4) is 5.75 Å².